The van der Waals surface area contributed by atoms with E-state index in [9.17, 15) is 19.6 Å². The summed E-state index contributed by atoms with van der Waals surface area (Å²) < 4.78 is 5.99. The van der Waals surface area contributed by atoms with Crippen LogP contribution >= 0.6 is 27.3 Å². The lowest BCUT2D eigenvalue weighted by Crippen LogP contribution is -2.32. The van der Waals surface area contributed by atoms with Crippen LogP contribution < -0.4 is 15.5 Å². The number of hydrogen-bond donors (Lipinski definition) is 2. The Morgan fingerprint density at radius 1 is 1.06 bits per heavy atom. The van der Waals surface area contributed by atoms with Gasteiger partial charge in [0.2, 0.25) is 0 Å². The molecule has 1 heterocycles. The number of nitrogens with one attached hydrogen (secondary N) is 2. The molecule has 8 nitrogen and oxygen atoms in total. The van der Waals surface area contributed by atoms with Crippen LogP contribution in [0.3, 0.4) is 0 Å². The molecule has 2 aromatic carbocycles. The van der Waals surface area contributed by atoms with E-state index in [-0.39, 0.29) is 0 Å². The molecule has 35 heavy (non-hydrogen) atoms. The largest absolute Gasteiger partial charge is 0.423 e. The van der Waals surface area contributed by atoms with E-state index in [0.717, 1.165) is 36.1 Å². The van der Waals surface area contributed by atoms with Gasteiger partial charge >= 0.3 is 17.8 Å². The van der Waals surface area contributed by atoms with Crippen molar-refractivity contribution in [3.63, 3.8) is 0 Å². The third-order valence-electron chi connectivity index (χ3n) is 5.28. The van der Waals surface area contributed by atoms with Crippen LogP contribution in [0.15, 0.2) is 58.1 Å². The second-order valence-corrected chi connectivity index (χ2v) is 9.58. The van der Waals surface area contributed by atoms with Crippen LogP contribution in [0.25, 0.3) is 0 Å². The minimum absolute atomic E-state index is 0.346. The fourth-order valence-corrected chi connectivity index (χ4v) is 5.24. The number of nitriles is 1. The summed E-state index contributed by atoms with van der Waals surface area (Å²) in [6, 6.07) is 15.6. The maximum Gasteiger partial charge on any atom is 0.344 e. The fraction of sp³-hybridized carbons (Fsp3) is 0.160. The van der Waals surface area contributed by atoms with Gasteiger partial charge in [0.25, 0.3) is 0 Å². The molecule has 2 amide bonds. The average molecular weight is 551 g/mol. The van der Waals surface area contributed by atoms with Gasteiger partial charge in [-0.05, 0) is 89.1 Å². The summed E-state index contributed by atoms with van der Waals surface area (Å²) in [7, 11) is 0. The molecule has 0 fully saturated rings. The summed E-state index contributed by atoms with van der Waals surface area (Å²) in [6.07, 6.45) is 5.10. The van der Waals surface area contributed by atoms with Crippen molar-refractivity contribution >= 4 is 56.3 Å². The van der Waals surface area contributed by atoms with E-state index in [1.54, 1.807) is 48.5 Å². The maximum absolute atomic E-state index is 12.3. The Kier molecular flexibility index (Phi) is 7.70. The highest BCUT2D eigenvalue weighted by Crippen LogP contribution is 2.37. The van der Waals surface area contributed by atoms with Gasteiger partial charge in [-0.2, -0.15) is 10.4 Å². The molecule has 0 saturated carbocycles. The lowest BCUT2D eigenvalue weighted by Gasteiger charge is -2.09. The normalized spacial score (nSPS) is 12.5. The first kappa shape index (κ1) is 24.3. The molecule has 176 valence electrons. The number of hydrazone groups is 1. The Morgan fingerprint density at radius 2 is 1.80 bits per heavy atom. The van der Waals surface area contributed by atoms with Crippen molar-refractivity contribution in [2.45, 2.75) is 25.7 Å². The van der Waals surface area contributed by atoms with Crippen LogP contribution in [-0.2, 0) is 22.4 Å². The number of aryl methyl sites for hydroxylation is 1. The Bertz CT molecular complexity index is 1360. The number of rotatable bonds is 5. The Balaban J connectivity index is 1.31. The number of nitrogens with zero attached hydrogens (tertiary/aromatic N) is 2. The first-order valence-corrected chi connectivity index (χ1v) is 12.3. The van der Waals surface area contributed by atoms with Gasteiger partial charge in [0, 0.05) is 9.35 Å². The van der Waals surface area contributed by atoms with Gasteiger partial charge < -0.3 is 10.1 Å². The number of amides is 2. The molecule has 1 aliphatic carbocycles. The monoisotopic (exact) mass is 550 g/mol. The van der Waals surface area contributed by atoms with Crippen molar-refractivity contribution in [3.8, 4) is 11.8 Å². The summed E-state index contributed by atoms with van der Waals surface area (Å²) in [6.45, 7) is 0. The number of carbonyl (C=O) groups excluding carboxylic acids is 3. The summed E-state index contributed by atoms with van der Waals surface area (Å²) in [5.74, 6) is -2.00. The molecule has 3 aromatic rings. The molecule has 0 spiro atoms. The van der Waals surface area contributed by atoms with Crippen LogP contribution in [0.4, 0.5) is 5.00 Å². The standard InChI is InChI=1S/C25H19BrN4O4S/c26-20-7-3-1-6-18(20)25(33)34-16-11-9-15(10-12-16)14-28-30-23(32)22(31)29-24-19(13-27)17-5-2-4-8-21(17)35-24/h1,3,6-7,9-12,14H,2,4-5,8H2,(H,29,31)(H,30,32)/b28-14+. The molecule has 1 aliphatic rings. The van der Waals surface area contributed by atoms with Gasteiger partial charge in [-0.15, -0.1) is 11.3 Å². The second kappa shape index (κ2) is 11.1. The summed E-state index contributed by atoms with van der Waals surface area (Å²) >= 11 is 4.66. The van der Waals surface area contributed by atoms with Gasteiger partial charge in [-0.25, -0.2) is 10.2 Å². The number of hydrogen-bond acceptors (Lipinski definition) is 7. The Morgan fingerprint density at radius 3 is 2.54 bits per heavy atom. The predicted octanol–water partition coefficient (Wildman–Crippen LogP) is 4.57. The maximum atomic E-state index is 12.3. The lowest BCUT2D eigenvalue weighted by molar-refractivity contribution is -0.136. The number of carbonyl (C=O) groups is 3. The van der Waals surface area contributed by atoms with Crippen molar-refractivity contribution in [2.24, 2.45) is 5.10 Å². The van der Waals surface area contributed by atoms with E-state index < -0.39 is 17.8 Å². The van der Waals surface area contributed by atoms with E-state index >= 15 is 0 Å². The van der Waals surface area contributed by atoms with Crippen LogP contribution in [0.2, 0.25) is 0 Å². The zero-order chi connectivity index (χ0) is 24.8. The van der Waals surface area contributed by atoms with Gasteiger partial charge in [-0.3, -0.25) is 9.59 Å². The zero-order valence-corrected chi connectivity index (χ0v) is 20.7. The quantitative estimate of drug-likeness (QED) is 0.158. The number of fused-ring (bicyclic) bond motifs is 1. The Hall–Kier alpha value is -3.81. The highest BCUT2D eigenvalue weighted by molar-refractivity contribution is 9.10. The molecule has 0 unspecified atom stereocenters. The number of benzene rings is 2. The number of anilines is 1. The molecule has 0 saturated heterocycles. The SMILES string of the molecule is N#Cc1c(NC(=O)C(=O)N/N=C/c2ccc(OC(=O)c3ccccc3Br)cc2)sc2c1CCCC2. The minimum Gasteiger partial charge on any atom is -0.423 e. The molecule has 10 heteroatoms. The summed E-state index contributed by atoms with van der Waals surface area (Å²) in [5.41, 5.74) is 4.61. The second-order valence-electron chi connectivity index (χ2n) is 7.62. The van der Waals surface area contributed by atoms with E-state index in [2.05, 4.69) is 37.8 Å². The third-order valence-corrected chi connectivity index (χ3v) is 7.18. The molecule has 4 rings (SSSR count). The average Bonchev–Trinajstić information content (AvgIpc) is 3.22. The van der Waals surface area contributed by atoms with Gasteiger partial charge in [0.15, 0.2) is 0 Å². The van der Waals surface area contributed by atoms with Gasteiger partial charge in [0.05, 0.1) is 17.3 Å². The van der Waals surface area contributed by atoms with Crippen LogP contribution in [0.1, 0.15) is 44.8 Å². The van der Waals surface area contributed by atoms with Crippen molar-refractivity contribution < 1.29 is 19.1 Å². The van der Waals surface area contributed by atoms with Crippen molar-refractivity contribution in [3.05, 3.63) is 80.1 Å². The number of thiophene rings is 1. The molecule has 0 atom stereocenters. The minimum atomic E-state index is -0.949. The third kappa shape index (κ3) is 5.82. The van der Waals surface area contributed by atoms with Crippen molar-refractivity contribution in [2.75, 3.05) is 5.32 Å². The molecular formula is C25H19BrN4O4S. The number of halogens is 1. The lowest BCUT2D eigenvalue weighted by atomic mass is 9.96. The van der Waals surface area contributed by atoms with Gasteiger partial charge in [-0.1, -0.05) is 12.1 Å². The van der Waals surface area contributed by atoms with Crippen LogP contribution in [0.5, 0.6) is 5.75 Å². The molecule has 1 aromatic heterocycles. The molecule has 2 N–H and O–H groups in total. The van der Waals surface area contributed by atoms with Gasteiger partial charge in [0.1, 0.15) is 16.8 Å². The van der Waals surface area contributed by atoms with Crippen LogP contribution in [0, 0.1) is 11.3 Å². The topological polar surface area (TPSA) is 121 Å². The zero-order valence-electron chi connectivity index (χ0n) is 18.3. The highest BCUT2D eigenvalue weighted by Gasteiger charge is 2.23. The predicted molar refractivity (Wildman–Crippen MR) is 136 cm³/mol. The highest BCUT2D eigenvalue weighted by atomic mass is 79.9. The number of esters is 1. The molecule has 0 bridgehead atoms. The molecular weight excluding hydrogens is 532 g/mol. The first-order valence-electron chi connectivity index (χ1n) is 10.7. The van der Waals surface area contributed by atoms with E-state index in [0.29, 0.717) is 31.9 Å². The van der Waals surface area contributed by atoms with E-state index in [4.69, 9.17) is 4.74 Å². The Labute approximate surface area is 213 Å². The van der Waals surface area contributed by atoms with Crippen LogP contribution in [-0.4, -0.2) is 24.0 Å². The first-order chi connectivity index (χ1) is 17.0. The van der Waals surface area contributed by atoms with Crippen molar-refractivity contribution in [1.29, 1.82) is 5.26 Å². The summed E-state index contributed by atoms with van der Waals surface area (Å²) in [4.78, 5) is 37.8. The van der Waals surface area contributed by atoms with Crippen molar-refractivity contribution in [1.82, 2.24) is 5.43 Å². The smallest absolute Gasteiger partial charge is 0.344 e. The molecule has 0 aliphatic heterocycles. The number of ether oxygens (including phenoxy) is 1. The molecule has 0 radical (unpaired) electrons. The fourth-order valence-electron chi connectivity index (χ4n) is 3.56. The summed E-state index contributed by atoms with van der Waals surface area (Å²) in [5, 5.41) is 16.2. The van der Waals surface area contributed by atoms with E-state index in [1.807, 2.05) is 0 Å². The van der Waals surface area contributed by atoms with E-state index in [1.165, 1.54) is 17.6 Å².